The van der Waals surface area contributed by atoms with E-state index >= 15 is 0 Å². The van der Waals surface area contributed by atoms with Crippen LogP contribution >= 0.6 is 0 Å². The van der Waals surface area contributed by atoms with Crippen LogP contribution < -0.4 is 42.4 Å². The minimum Gasteiger partial charge on any atom is -0.374 e. The number of amides is 6. The smallest absolute Gasteiger partial charge is 0.329 e. The number of piperidine rings is 3. The molecule has 0 radical (unpaired) electrons. The molecule has 10 fully saturated rings. The molecular weight excluding hydrogens is 1570 g/mol. The Morgan fingerprint density at radius 1 is 0.561 bits per heavy atom. The van der Waals surface area contributed by atoms with Crippen molar-refractivity contribution in [3.8, 4) is 23.7 Å². The summed E-state index contributed by atoms with van der Waals surface area (Å²) in [4.78, 5) is 129. The first kappa shape index (κ1) is 82.0. The number of benzene rings is 2. The lowest BCUT2D eigenvalue weighted by Gasteiger charge is -2.36. The Bertz CT molecular complexity index is 5990. The van der Waals surface area contributed by atoms with Crippen molar-refractivity contribution in [1.29, 1.82) is 0 Å². The number of ether oxygens (including phenoxy) is 4. The van der Waals surface area contributed by atoms with Crippen molar-refractivity contribution >= 4 is 98.1 Å². The van der Waals surface area contributed by atoms with E-state index in [9.17, 15) is 43.2 Å². The van der Waals surface area contributed by atoms with Gasteiger partial charge < -0.3 is 49.1 Å². The number of rotatable bonds is 17. The Morgan fingerprint density at radius 3 is 1.46 bits per heavy atom. The fourth-order valence-corrected chi connectivity index (χ4v) is 19.8. The monoisotopic (exact) mass is 1670 g/mol. The zero-order valence-corrected chi connectivity index (χ0v) is 69.7. The molecule has 0 spiro atoms. The van der Waals surface area contributed by atoms with Gasteiger partial charge in [-0.05, 0) is 159 Å². The average Bonchev–Trinajstić information content (AvgIpc) is 1.61. The van der Waals surface area contributed by atoms with Crippen LogP contribution in [0.4, 0.5) is 23.0 Å². The number of likely N-dealkylation sites (tertiary alicyclic amines) is 1. The van der Waals surface area contributed by atoms with E-state index in [1.807, 2.05) is 96.5 Å². The molecular formula is C89H103N21O13. The molecule has 7 saturated heterocycles. The van der Waals surface area contributed by atoms with Gasteiger partial charge in [-0.1, -0.05) is 55.1 Å². The summed E-state index contributed by atoms with van der Waals surface area (Å²) in [6.45, 7) is 10.6. The number of hydrogen-bond acceptors (Lipinski definition) is 22. The number of carbonyl (C=O) groups excluding carboxylic acids is 7. The second-order valence-electron chi connectivity index (χ2n) is 34.4. The van der Waals surface area contributed by atoms with E-state index in [1.165, 1.54) is 37.5 Å². The van der Waals surface area contributed by atoms with Gasteiger partial charge >= 0.3 is 11.4 Å². The molecule has 6 amide bonds. The Morgan fingerprint density at radius 2 is 1.02 bits per heavy atom. The summed E-state index contributed by atoms with van der Waals surface area (Å²) < 4.78 is 36.8. The zero-order valence-electron chi connectivity index (χ0n) is 69.7. The number of morpholine rings is 2. The first-order valence-electron chi connectivity index (χ1n) is 43.5. The maximum Gasteiger partial charge on any atom is 0.329 e. The van der Waals surface area contributed by atoms with E-state index in [1.54, 1.807) is 35.5 Å². The van der Waals surface area contributed by atoms with Gasteiger partial charge in [-0.3, -0.25) is 67.0 Å². The van der Waals surface area contributed by atoms with Crippen LogP contribution in [0.3, 0.4) is 0 Å². The zero-order chi connectivity index (χ0) is 84.7. The SMILES string of the molecule is Cc1nn(C2CCC(C=O)CC2)cc1NC(=O)c1cnn2ccc(N3C[C@H]4C[C@@H]3CO4)nc12.Cc1nn(C2CCC(CN3CCC(OCC#Cc4cccc5c4n(C)c(=O)n5C4CCC(=O)NC4=O)CC3)CC2)cc1NC(=O)c1cnn2ccc(N3C[C@H]4C[C@@H]3CO4)nc12.Cn1c(=O)n(C2CCC(=O)NC2=O)c2cccc(C#CCOC3CCCCC3)c21. The molecule has 642 valence electrons. The van der Waals surface area contributed by atoms with Gasteiger partial charge in [0.2, 0.25) is 23.6 Å². The van der Waals surface area contributed by atoms with Gasteiger partial charge in [0.15, 0.2) is 11.3 Å². The number of aryl methyl sites for hydroxylation is 4. The van der Waals surface area contributed by atoms with Crippen molar-refractivity contribution in [1.82, 2.24) is 82.6 Å². The van der Waals surface area contributed by atoms with Crippen molar-refractivity contribution in [2.24, 2.45) is 25.9 Å². The fourth-order valence-electron chi connectivity index (χ4n) is 19.8. The summed E-state index contributed by atoms with van der Waals surface area (Å²) in [5.41, 5.74) is 8.29. The van der Waals surface area contributed by atoms with Crippen molar-refractivity contribution in [2.45, 2.75) is 209 Å². The summed E-state index contributed by atoms with van der Waals surface area (Å²) in [6.07, 6.45) is 31.6. The van der Waals surface area contributed by atoms with E-state index in [0.717, 1.165) is 164 Å². The van der Waals surface area contributed by atoms with E-state index in [2.05, 4.69) is 74.9 Å². The molecule has 15 heterocycles. The van der Waals surface area contributed by atoms with Gasteiger partial charge in [0.05, 0.1) is 130 Å². The summed E-state index contributed by atoms with van der Waals surface area (Å²) in [5, 5.41) is 28.9. The Hall–Kier alpha value is -12.0. The second-order valence-corrected chi connectivity index (χ2v) is 34.4. The van der Waals surface area contributed by atoms with Gasteiger partial charge in [-0.25, -0.2) is 28.6 Å². The normalized spacial score (nSPS) is 24.2. The molecule has 20 rings (SSSR count). The number of aromatic nitrogens is 14. The molecule has 6 atom stereocenters. The topological polar surface area (TPSA) is 364 Å². The lowest BCUT2D eigenvalue weighted by Crippen LogP contribution is -2.44. The number of nitrogens with zero attached hydrogens (tertiary/aromatic N) is 17. The highest BCUT2D eigenvalue weighted by Crippen LogP contribution is 2.39. The number of carbonyl (C=O) groups is 7. The highest BCUT2D eigenvalue weighted by Gasteiger charge is 2.42. The van der Waals surface area contributed by atoms with Crippen LogP contribution in [-0.4, -0.2) is 209 Å². The van der Waals surface area contributed by atoms with Gasteiger partial charge in [-0.15, -0.1) is 0 Å². The molecule has 3 saturated carbocycles. The third-order valence-corrected chi connectivity index (χ3v) is 26.5. The summed E-state index contributed by atoms with van der Waals surface area (Å²) in [5.74, 6) is 13.0. The summed E-state index contributed by atoms with van der Waals surface area (Å²) in [7, 11) is 3.36. The number of fused-ring (bicyclic) bond motifs is 8. The molecule has 10 aliphatic rings. The Kier molecular flexibility index (Phi) is 23.7. The van der Waals surface area contributed by atoms with Crippen molar-refractivity contribution in [3.05, 3.63) is 140 Å². The van der Waals surface area contributed by atoms with E-state index in [0.29, 0.717) is 118 Å². The molecule has 4 N–H and O–H groups in total. The minimum atomic E-state index is -0.737. The molecule has 3 aliphatic carbocycles. The predicted molar refractivity (Wildman–Crippen MR) is 454 cm³/mol. The van der Waals surface area contributed by atoms with E-state index in [-0.39, 0.29) is 84.5 Å². The number of aldehydes is 1. The largest absolute Gasteiger partial charge is 0.374 e. The van der Waals surface area contributed by atoms with Crippen LogP contribution in [0.1, 0.15) is 202 Å². The first-order valence-corrected chi connectivity index (χ1v) is 43.5. The maximum absolute atomic E-state index is 13.6. The Labute approximate surface area is 708 Å². The molecule has 2 aromatic carbocycles. The summed E-state index contributed by atoms with van der Waals surface area (Å²) in [6, 6.07) is 14.7. The van der Waals surface area contributed by atoms with Crippen LogP contribution in [0.15, 0.2) is 95.3 Å². The quantitative estimate of drug-likeness (QED) is 0.0384. The summed E-state index contributed by atoms with van der Waals surface area (Å²) >= 11 is 0. The standard InChI is InChI=1S/C44H51N11O6.C23H27N7O3.C22H25N3O4/c1-27-35(46-42(57)34-22-45-53-19-16-38(47-41(34)53)52-24-33-21-31(52)26-61-33)25-54(49-27)30-10-8-28(9-11-30)23-51-17-14-32(15-18-51)60-20-4-6-29-5-3-7-36-40(29)50(2)44(59)55(36)37-12-13-39(56)48-43(37)58;1-14-20(11-30(27-14)16-4-2-15(12-31)3-5-16)25-23(32)19-9-24-29-7-6-21(26-22(19)29)28-10-18-8-17(28)13-33-18;1-24-20-15(8-6-14-29-16-9-3-2-4-10-16)7-5-11-17(20)25(22(24)28)18-12-13-19(26)23-21(18)27/h3,5,7,16,19,22,25,28,30-33,37H,8-15,17-18,20-21,23-24,26H2,1-2H3,(H,46,57)(H,48,56,58);6-7,9,11-12,15-18H,2-5,8,10,13H2,1H3,(H,25,32);5,7,11,16,18H,2-4,9-10,12-14H2,1H3,(H,23,26,27)/t28?,30?,31-,33-,37?;15?,16?,17-,18-;/m11./s1. The van der Waals surface area contributed by atoms with Gasteiger partial charge in [0, 0.05) is 90.4 Å². The van der Waals surface area contributed by atoms with Crippen molar-refractivity contribution < 1.29 is 52.5 Å². The van der Waals surface area contributed by atoms with Crippen molar-refractivity contribution in [2.75, 3.05) is 79.6 Å². The van der Waals surface area contributed by atoms with Gasteiger partial charge in [-0.2, -0.15) is 20.4 Å². The molecule has 8 aromatic heterocycles. The number of imide groups is 2. The number of nitrogens with one attached hydrogen (secondary N) is 4. The molecule has 34 heteroatoms. The van der Waals surface area contributed by atoms with Crippen LogP contribution in [0, 0.1) is 49.4 Å². The van der Waals surface area contributed by atoms with Crippen LogP contribution in [0.25, 0.3) is 33.4 Å². The lowest BCUT2D eigenvalue weighted by atomic mass is 9.85. The maximum atomic E-state index is 13.6. The van der Waals surface area contributed by atoms with Crippen LogP contribution in [0.2, 0.25) is 0 Å². The molecule has 4 bridgehead atoms. The van der Waals surface area contributed by atoms with E-state index < -0.39 is 23.9 Å². The third-order valence-electron chi connectivity index (χ3n) is 26.5. The molecule has 34 nitrogen and oxygen atoms in total. The molecule has 2 unspecified atom stereocenters. The van der Waals surface area contributed by atoms with Crippen LogP contribution in [-0.2, 0) is 57.0 Å². The van der Waals surface area contributed by atoms with Gasteiger partial charge in [0.1, 0.15) is 54.3 Å². The molecule has 7 aliphatic heterocycles. The van der Waals surface area contributed by atoms with Crippen molar-refractivity contribution in [3.63, 3.8) is 0 Å². The highest BCUT2D eigenvalue weighted by molar-refractivity contribution is 6.09. The predicted octanol–water partition coefficient (Wildman–Crippen LogP) is 7.77. The number of hydrogen-bond donors (Lipinski definition) is 4. The van der Waals surface area contributed by atoms with Crippen LogP contribution in [0.5, 0.6) is 0 Å². The number of anilines is 4. The van der Waals surface area contributed by atoms with Gasteiger partial charge in [0.25, 0.3) is 11.8 Å². The Balaban J connectivity index is 0.000000139. The lowest BCUT2D eigenvalue weighted by molar-refractivity contribution is -0.137. The third kappa shape index (κ3) is 17.1. The average molecular weight is 1670 g/mol. The fraction of sp³-hybridized carbons (Fsp3) is 0.517. The molecule has 123 heavy (non-hydrogen) atoms. The first-order chi connectivity index (χ1) is 59.8. The number of imidazole rings is 2. The van der Waals surface area contributed by atoms with E-state index in [4.69, 9.17) is 34.0 Å². The minimum absolute atomic E-state index is 0.148. The second kappa shape index (κ2) is 35.5. The molecule has 10 aromatic rings. The number of para-hydroxylation sites is 2. The highest BCUT2D eigenvalue weighted by atomic mass is 16.5.